The van der Waals surface area contributed by atoms with Crippen LogP contribution in [0.4, 0.5) is 0 Å². The first-order valence-electron chi connectivity index (χ1n) is 7.95. The lowest BCUT2D eigenvalue weighted by Gasteiger charge is -2.35. The Morgan fingerprint density at radius 2 is 2.24 bits per heavy atom. The van der Waals surface area contributed by atoms with Gasteiger partial charge in [0.25, 0.3) is 0 Å². The van der Waals surface area contributed by atoms with Gasteiger partial charge in [0, 0.05) is 20.2 Å². The highest BCUT2D eigenvalue weighted by atomic mass is 16.5. The molecule has 116 valence electrons. The van der Waals surface area contributed by atoms with Crippen LogP contribution in [-0.4, -0.2) is 45.8 Å². The van der Waals surface area contributed by atoms with Crippen LogP contribution >= 0.6 is 0 Å². The minimum Gasteiger partial charge on any atom is -0.384 e. The standard InChI is InChI=1S/C15H24N4O2/c1-21-9-7-14(20)19-8-3-2-4-13(19)15-17-16-11-18(15)10-12-5-6-12/h11-13H,2-10H2,1H3. The highest BCUT2D eigenvalue weighted by Gasteiger charge is 2.32. The molecule has 1 aliphatic carbocycles. The molecule has 0 radical (unpaired) electrons. The van der Waals surface area contributed by atoms with Crippen LogP contribution < -0.4 is 0 Å². The van der Waals surface area contributed by atoms with Crippen LogP contribution in [0.5, 0.6) is 0 Å². The highest BCUT2D eigenvalue weighted by molar-refractivity contribution is 5.76. The van der Waals surface area contributed by atoms with Crippen molar-refractivity contribution in [2.45, 2.75) is 51.1 Å². The van der Waals surface area contributed by atoms with E-state index in [4.69, 9.17) is 4.74 Å². The van der Waals surface area contributed by atoms with Crippen LogP contribution in [0.2, 0.25) is 0 Å². The summed E-state index contributed by atoms with van der Waals surface area (Å²) >= 11 is 0. The van der Waals surface area contributed by atoms with Gasteiger partial charge in [-0.05, 0) is 38.0 Å². The van der Waals surface area contributed by atoms with Crippen LogP contribution in [0, 0.1) is 5.92 Å². The van der Waals surface area contributed by atoms with Gasteiger partial charge in [0.15, 0.2) is 5.82 Å². The quantitative estimate of drug-likeness (QED) is 0.802. The first kappa shape index (κ1) is 14.5. The maximum absolute atomic E-state index is 12.4. The lowest BCUT2D eigenvalue weighted by molar-refractivity contribution is -0.136. The van der Waals surface area contributed by atoms with Gasteiger partial charge in [0.2, 0.25) is 5.91 Å². The summed E-state index contributed by atoms with van der Waals surface area (Å²) in [6.45, 7) is 2.30. The Hall–Kier alpha value is -1.43. The predicted molar refractivity (Wildman–Crippen MR) is 77.5 cm³/mol. The predicted octanol–water partition coefficient (Wildman–Crippen LogP) is 1.78. The fourth-order valence-electron chi connectivity index (χ4n) is 3.07. The molecule has 2 heterocycles. The van der Waals surface area contributed by atoms with Crippen molar-refractivity contribution in [3.63, 3.8) is 0 Å². The van der Waals surface area contributed by atoms with Gasteiger partial charge in [0.05, 0.1) is 19.1 Å². The minimum absolute atomic E-state index is 0.0874. The van der Waals surface area contributed by atoms with Crippen molar-refractivity contribution in [1.82, 2.24) is 19.7 Å². The van der Waals surface area contributed by atoms with E-state index >= 15 is 0 Å². The Kier molecular flexibility index (Phi) is 4.53. The molecule has 1 aromatic rings. The first-order valence-corrected chi connectivity index (χ1v) is 7.95. The van der Waals surface area contributed by atoms with Gasteiger partial charge < -0.3 is 14.2 Å². The second-order valence-electron chi connectivity index (χ2n) is 6.13. The third kappa shape index (κ3) is 3.43. The molecule has 0 aromatic carbocycles. The molecule has 1 aliphatic heterocycles. The van der Waals surface area contributed by atoms with E-state index in [2.05, 4.69) is 14.8 Å². The molecule has 3 rings (SSSR count). The average molecular weight is 292 g/mol. The normalized spacial score (nSPS) is 22.5. The smallest absolute Gasteiger partial charge is 0.225 e. The summed E-state index contributed by atoms with van der Waals surface area (Å²) in [5.41, 5.74) is 0. The van der Waals surface area contributed by atoms with Crippen molar-refractivity contribution in [2.24, 2.45) is 5.92 Å². The number of hydrogen-bond donors (Lipinski definition) is 0. The van der Waals surface area contributed by atoms with Crippen LogP contribution in [0.3, 0.4) is 0 Å². The largest absolute Gasteiger partial charge is 0.384 e. The number of amides is 1. The summed E-state index contributed by atoms with van der Waals surface area (Å²) in [5, 5.41) is 8.41. The van der Waals surface area contributed by atoms with E-state index in [0.29, 0.717) is 13.0 Å². The fraction of sp³-hybridized carbons (Fsp3) is 0.800. The number of hydrogen-bond acceptors (Lipinski definition) is 4. The van der Waals surface area contributed by atoms with Gasteiger partial charge in [-0.1, -0.05) is 0 Å². The minimum atomic E-state index is 0.0874. The van der Waals surface area contributed by atoms with E-state index in [9.17, 15) is 4.79 Å². The molecule has 1 atom stereocenters. The van der Waals surface area contributed by atoms with Gasteiger partial charge in [-0.25, -0.2) is 0 Å². The lowest BCUT2D eigenvalue weighted by atomic mass is 10.0. The summed E-state index contributed by atoms with van der Waals surface area (Å²) in [6, 6.07) is 0.0874. The number of ether oxygens (including phenoxy) is 1. The zero-order valence-electron chi connectivity index (χ0n) is 12.7. The van der Waals surface area contributed by atoms with Crippen molar-refractivity contribution in [3.8, 4) is 0 Å². The molecule has 1 amide bonds. The van der Waals surface area contributed by atoms with Gasteiger partial charge in [-0.15, -0.1) is 10.2 Å². The molecule has 6 heteroatoms. The first-order chi connectivity index (χ1) is 10.3. The number of carbonyl (C=O) groups is 1. The van der Waals surface area contributed by atoms with Gasteiger partial charge in [0.1, 0.15) is 6.33 Å². The summed E-state index contributed by atoms with van der Waals surface area (Å²) in [7, 11) is 1.63. The lowest BCUT2D eigenvalue weighted by Crippen LogP contribution is -2.40. The molecule has 0 spiro atoms. The van der Waals surface area contributed by atoms with Gasteiger partial charge in [-0.2, -0.15) is 0 Å². The average Bonchev–Trinajstić information content (AvgIpc) is 3.21. The molecular weight excluding hydrogens is 268 g/mol. The highest BCUT2D eigenvalue weighted by Crippen LogP contribution is 2.34. The van der Waals surface area contributed by atoms with E-state index in [0.717, 1.165) is 44.1 Å². The zero-order valence-corrected chi connectivity index (χ0v) is 12.7. The molecule has 2 fully saturated rings. The van der Waals surface area contributed by atoms with E-state index in [1.165, 1.54) is 12.8 Å². The zero-order chi connectivity index (χ0) is 14.7. The molecule has 6 nitrogen and oxygen atoms in total. The number of methoxy groups -OCH3 is 1. The van der Waals surface area contributed by atoms with E-state index < -0.39 is 0 Å². The Labute approximate surface area is 125 Å². The summed E-state index contributed by atoms with van der Waals surface area (Å²) in [5.74, 6) is 1.91. The maximum Gasteiger partial charge on any atom is 0.225 e. The summed E-state index contributed by atoms with van der Waals surface area (Å²) in [6.07, 6.45) is 8.09. The number of nitrogens with zero attached hydrogens (tertiary/aromatic N) is 4. The monoisotopic (exact) mass is 292 g/mol. The van der Waals surface area contributed by atoms with Crippen LogP contribution in [0.1, 0.15) is 50.4 Å². The van der Waals surface area contributed by atoms with E-state index in [1.54, 1.807) is 7.11 Å². The van der Waals surface area contributed by atoms with Gasteiger partial charge in [-0.3, -0.25) is 4.79 Å². The van der Waals surface area contributed by atoms with Crippen LogP contribution in [-0.2, 0) is 16.1 Å². The SMILES string of the molecule is COCCC(=O)N1CCCCC1c1nncn1CC1CC1. The van der Waals surface area contributed by atoms with Crippen molar-refractivity contribution in [3.05, 3.63) is 12.2 Å². The number of piperidine rings is 1. The van der Waals surface area contributed by atoms with Gasteiger partial charge >= 0.3 is 0 Å². The molecule has 0 N–H and O–H groups in total. The molecule has 2 aliphatic rings. The number of likely N-dealkylation sites (tertiary alicyclic amines) is 1. The molecule has 1 unspecified atom stereocenters. The molecular formula is C15H24N4O2. The van der Waals surface area contributed by atoms with Crippen molar-refractivity contribution in [2.75, 3.05) is 20.3 Å². The van der Waals surface area contributed by atoms with E-state index in [1.807, 2.05) is 11.2 Å². The second-order valence-corrected chi connectivity index (χ2v) is 6.13. The summed E-state index contributed by atoms with van der Waals surface area (Å²) in [4.78, 5) is 14.4. The van der Waals surface area contributed by atoms with Crippen LogP contribution in [0.15, 0.2) is 6.33 Å². The Morgan fingerprint density at radius 3 is 3.00 bits per heavy atom. The fourth-order valence-corrected chi connectivity index (χ4v) is 3.07. The number of aromatic nitrogens is 3. The second kappa shape index (κ2) is 6.56. The summed E-state index contributed by atoms with van der Waals surface area (Å²) < 4.78 is 7.19. The molecule has 1 aromatic heterocycles. The van der Waals surface area contributed by atoms with Crippen molar-refractivity contribution >= 4 is 5.91 Å². The maximum atomic E-state index is 12.4. The van der Waals surface area contributed by atoms with Crippen molar-refractivity contribution in [1.29, 1.82) is 0 Å². The molecule has 0 bridgehead atoms. The topological polar surface area (TPSA) is 60.2 Å². The Morgan fingerprint density at radius 1 is 1.38 bits per heavy atom. The third-order valence-electron chi connectivity index (χ3n) is 4.44. The van der Waals surface area contributed by atoms with E-state index in [-0.39, 0.29) is 11.9 Å². The molecule has 1 saturated heterocycles. The molecule has 21 heavy (non-hydrogen) atoms. The Balaban J connectivity index is 1.73. The third-order valence-corrected chi connectivity index (χ3v) is 4.44. The number of carbonyl (C=O) groups excluding carboxylic acids is 1. The number of rotatable bonds is 6. The molecule has 1 saturated carbocycles. The van der Waals surface area contributed by atoms with Crippen molar-refractivity contribution < 1.29 is 9.53 Å². The Bertz CT molecular complexity index is 484. The van der Waals surface area contributed by atoms with Crippen LogP contribution in [0.25, 0.3) is 0 Å².